The van der Waals surface area contributed by atoms with Crippen LogP contribution in [0.2, 0.25) is 0 Å². The summed E-state index contributed by atoms with van der Waals surface area (Å²) in [6, 6.07) is 9.01. The van der Waals surface area contributed by atoms with Crippen LogP contribution in [-0.2, 0) is 19.9 Å². The van der Waals surface area contributed by atoms with Crippen molar-refractivity contribution in [2.45, 2.75) is 31.7 Å². The van der Waals surface area contributed by atoms with Crippen molar-refractivity contribution in [1.29, 1.82) is 0 Å². The Morgan fingerprint density at radius 3 is 2.50 bits per heavy atom. The van der Waals surface area contributed by atoms with Crippen LogP contribution in [0.25, 0.3) is 0 Å². The van der Waals surface area contributed by atoms with Gasteiger partial charge in [0.2, 0.25) is 5.91 Å². The lowest BCUT2D eigenvalue weighted by atomic mass is 9.81. The lowest BCUT2D eigenvalue weighted by Gasteiger charge is -2.28. The maximum Gasteiger partial charge on any atom is 0.306 e. The molecule has 0 bridgehead atoms. The summed E-state index contributed by atoms with van der Waals surface area (Å²) in [5, 5.41) is 11.7. The molecule has 5 heteroatoms. The highest BCUT2D eigenvalue weighted by Crippen LogP contribution is 2.34. The summed E-state index contributed by atoms with van der Waals surface area (Å²) in [4.78, 5) is 34.7. The maximum absolute atomic E-state index is 12.3. The number of Topliss-reactive ketones (excluding diaryl/α,β-unsaturated/α-hetero) is 1. The van der Waals surface area contributed by atoms with Crippen LogP contribution in [0.5, 0.6) is 0 Å². The highest BCUT2D eigenvalue weighted by Gasteiger charge is 2.47. The molecule has 1 amide bonds. The van der Waals surface area contributed by atoms with E-state index in [2.05, 4.69) is 5.32 Å². The fourth-order valence-corrected chi connectivity index (χ4v) is 2.51. The lowest BCUT2D eigenvalue weighted by molar-refractivity contribution is -0.141. The number of hydrogen-bond acceptors (Lipinski definition) is 3. The van der Waals surface area contributed by atoms with Gasteiger partial charge in [0.15, 0.2) is 5.78 Å². The van der Waals surface area contributed by atoms with Crippen molar-refractivity contribution >= 4 is 17.7 Å². The van der Waals surface area contributed by atoms with Crippen LogP contribution in [0.4, 0.5) is 0 Å². The number of amides is 1. The maximum atomic E-state index is 12.3. The van der Waals surface area contributed by atoms with Crippen molar-refractivity contribution in [2.75, 3.05) is 0 Å². The molecule has 5 nitrogen and oxygen atoms in total. The summed E-state index contributed by atoms with van der Waals surface area (Å²) in [5.74, 6) is -1.95. The highest BCUT2D eigenvalue weighted by atomic mass is 16.4. The average Bonchev–Trinajstić information content (AvgIpc) is 2.72. The summed E-state index contributed by atoms with van der Waals surface area (Å²) in [6.07, 6.45) is 0.488. The molecule has 2 rings (SSSR count). The van der Waals surface area contributed by atoms with Crippen LogP contribution in [0.15, 0.2) is 30.3 Å². The molecule has 106 valence electrons. The predicted octanol–water partition coefficient (Wildman–Crippen LogP) is 1.47. The highest BCUT2D eigenvalue weighted by molar-refractivity contribution is 6.10. The molecular formula is C15H17NO4. The zero-order chi connectivity index (χ0) is 14.8. The Hall–Kier alpha value is -2.17. The first-order chi connectivity index (χ1) is 9.45. The van der Waals surface area contributed by atoms with Crippen LogP contribution in [-0.4, -0.2) is 22.8 Å². The number of rotatable bonds is 5. The summed E-state index contributed by atoms with van der Waals surface area (Å²) in [6.45, 7) is 1.60. The molecule has 0 aliphatic carbocycles. The molecular weight excluding hydrogens is 258 g/mol. The molecule has 1 aromatic rings. The minimum Gasteiger partial charge on any atom is -0.481 e. The monoisotopic (exact) mass is 275 g/mol. The minimum absolute atomic E-state index is 0.143. The Balaban J connectivity index is 2.29. The zero-order valence-corrected chi connectivity index (χ0v) is 11.3. The average molecular weight is 275 g/mol. The van der Waals surface area contributed by atoms with Crippen molar-refractivity contribution < 1.29 is 19.5 Å². The van der Waals surface area contributed by atoms with E-state index in [9.17, 15) is 14.4 Å². The van der Waals surface area contributed by atoms with Gasteiger partial charge >= 0.3 is 5.97 Å². The fourth-order valence-electron chi connectivity index (χ4n) is 2.51. The number of benzene rings is 1. The van der Waals surface area contributed by atoms with E-state index >= 15 is 0 Å². The van der Waals surface area contributed by atoms with Gasteiger partial charge in [0.1, 0.15) is 5.54 Å². The van der Waals surface area contributed by atoms with Gasteiger partial charge in [0.05, 0.1) is 12.3 Å². The number of carbonyl (C=O) groups is 3. The van der Waals surface area contributed by atoms with E-state index in [-0.39, 0.29) is 18.1 Å². The number of nitrogens with one attached hydrogen (secondary N) is 1. The topological polar surface area (TPSA) is 83.5 Å². The summed E-state index contributed by atoms with van der Waals surface area (Å²) >= 11 is 0. The van der Waals surface area contributed by atoms with Gasteiger partial charge in [-0.15, -0.1) is 0 Å². The number of aliphatic carboxylic acids is 1. The van der Waals surface area contributed by atoms with E-state index < -0.39 is 17.4 Å². The van der Waals surface area contributed by atoms with Crippen molar-refractivity contribution in [2.24, 2.45) is 5.92 Å². The van der Waals surface area contributed by atoms with Crippen molar-refractivity contribution in [3.8, 4) is 0 Å². The molecule has 2 atom stereocenters. The van der Waals surface area contributed by atoms with Gasteiger partial charge in [-0.1, -0.05) is 37.3 Å². The van der Waals surface area contributed by atoms with Crippen molar-refractivity contribution in [3.05, 3.63) is 35.9 Å². The molecule has 20 heavy (non-hydrogen) atoms. The van der Waals surface area contributed by atoms with Gasteiger partial charge in [-0.2, -0.15) is 0 Å². The molecule has 0 spiro atoms. The van der Waals surface area contributed by atoms with Gasteiger partial charge < -0.3 is 10.4 Å². The molecule has 2 unspecified atom stereocenters. The van der Waals surface area contributed by atoms with Crippen LogP contribution < -0.4 is 5.32 Å². The largest absolute Gasteiger partial charge is 0.481 e. The number of ketones is 1. The quantitative estimate of drug-likeness (QED) is 0.797. The first kappa shape index (κ1) is 14.2. The number of carboxylic acids is 1. The second kappa shape index (κ2) is 5.45. The van der Waals surface area contributed by atoms with E-state index in [1.807, 2.05) is 6.07 Å². The van der Waals surface area contributed by atoms with E-state index in [0.717, 1.165) is 0 Å². The van der Waals surface area contributed by atoms with E-state index in [4.69, 9.17) is 5.11 Å². The summed E-state index contributed by atoms with van der Waals surface area (Å²) in [5.41, 5.74) is -0.351. The third kappa shape index (κ3) is 2.57. The Bertz CT molecular complexity index is 540. The Morgan fingerprint density at radius 2 is 2.00 bits per heavy atom. The first-order valence-electron chi connectivity index (χ1n) is 6.58. The van der Waals surface area contributed by atoms with Crippen molar-refractivity contribution in [3.63, 3.8) is 0 Å². The second-order valence-electron chi connectivity index (χ2n) is 5.20. The molecule has 0 aromatic heterocycles. The Morgan fingerprint density at radius 1 is 1.35 bits per heavy atom. The van der Waals surface area contributed by atoms with Crippen molar-refractivity contribution in [1.82, 2.24) is 5.32 Å². The number of carboxylic acid groups (broad SMARTS) is 1. The molecule has 1 heterocycles. The van der Waals surface area contributed by atoms with Gasteiger partial charge in [-0.25, -0.2) is 0 Å². The van der Waals surface area contributed by atoms with E-state index in [0.29, 0.717) is 18.4 Å². The summed E-state index contributed by atoms with van der Waals surface area (Å²) < 4.78 is 0. The molecule has 1 saturated heterocycles. The SMILES string of the molecule is CC(CCC1(c2ccccc2)NC(=O)CC1=O)C(=O)O. The Labute approximate surface area is 117 Å². The summed E-state index contributed by atoms with van der Waals surface area (Å²) in [7, 11) is 0. The zero-order valence-electron chi connectivity index (χ0n) is 11.3. The molecule has 1 aliphatic heterocycles. The number of hydrogen-bond donors (Lipinski definition) is 2. The first-order valence-corrected chi connectivity index (χ1v) is 6.58. The fraction of sp³-hybridized carbons (Fsp3) is 0.400. The molecule has 1 fully saturated rings. The third-order valence-corrected chi connectivity index (χ3v) is 3.79. The molecule has 1 aliphatic rings. The van der Waals surface area contributed by atoms with E-state index in [1.165, 1.54) is 0 Å². The minimum atomic E-state index is -1.07. The third-order valence-electron chi connectivity index (χ3n) is 3.79. The Kier molecular flexibility index (Phi) is 3.88. The molecule has 2 N–H and O–H groups in total. The van der Waals surface area contributed by atoms with Gasteiger partial charge in [-0.05, 0) is 18.4 Å². The number of carbonyl (C=O) groups excluding carboxylic acids is 2. The second-order valence-corrected chi connectivity index (χ2v) is 5.20. The molecule has 0 radical (unpaired) electrons. The van der Waals surface area contributed by atoms with Crippen LogP contribution in [0.3, 0.4) is 0 Å². The van der Waals surface area contributed by atoms with Crippen LogP contribution in [0, 0.1) is 5.92 Å². The van der Waals surface area contributed by atoms with Gasteiger partial charge in [-0.3, -0.25) is 14.4 Å². The smallest absolute Gasteiger partial charge is 0.306 e. The lowest BCUT2D eigenvalue weighted by Crippen LogP contribution is -2.44. The van der Waals surface area contributed by atoms with Gasteiger partial charge in [0, 0.05) is 0 Å². The standard InChI is InChI=1S/C15H17NO4/c1-10(14(19)20)7-8-15(11-5-3-2-4-6-11)12(17)9-13(18)16-15/h2-6,10H,7-9H2,1H3,(H,16,18)(H,19,20). The molecule has 1 aromatic carbocycles. The van der Waals surface area contributed by atoms with Crippen LogP contribution >= 0.6 is 0 Å². The molecule has 0 saturated carbocycles. The van der Waals surface area contributed by atoms with Gasteiger partial charge in [0.25, 0.3) is 0 Å². The normalized spacial score (nSPS) is 23.4. The van der Waals surface area contributed by atoms with E-state index in [1.54, 1.807) is 31.2 Å². The predicted molar refractivity (Wildman–Crippen MR) is 71.9 cm³/mol. The van der Waals surface area contributed by atoms with Crippen LogP contribution in [0.1, 0.15) is 31.7 Å².